The lowest BCUT2D eigenvalue weighted by Crippen LogP contribution is -2.52. The third kappa shape index (κ3) is 27.0. The second kappa shape index (κ2) is 33.6. The van der Waals surface area contributed by atoms with Crippen LogP contribution in [0.15, 0.2) is 0 Å². The molecule has 0 bridgehead atoms. The number of hydrogen-bond acceptors (Lipinski definition) is 6. The van der Waals surface area contributed by atoms with Gasteiger partial charge in [0, 0.05) is 38.0 Å². The monoisotopic (exact) mass is 686 g/mol. The van der Waals surface area contributed by atoms with E-state index in [-0.39, 0.29) is 0 Å². The van der Waals surface area contributed by atoms with E-state index in [4.69, 9.17) is 13.4 Å². The fourth-order valence-corrected chi connectivity index (χ4v) is 9.88. The first-order chi connectivity index (χ1) is 22.7. The number of hydrogen-bond donors (Lipinski definition) is 1. The molecule has 0 aromatic carbocycles. The molecule has 1 aliphatic heterocycles. The van der Waals surface area contributed by atoms with Crippen molar-refractivity contribution >= 4 is 25.7 Å². The predicted molar refractivity (Wildman–Crippen MR) is 203 cm³/mol. The number of nitrogens with one attached hydrogen (secondary N) is 1. The predicted octanol–water partition coefficient (Wildman–Crippen LogP) is 12.7. The highest BCUT2D eigenvalue weighted by Crippen LogP contribution is 2.25. The summed E-state index contributed by atoms with van der Waals surface area (Å²) in [5.74, 6) is 1.43. The van der Waals surface area contributed by atoms with Crippen LogP contribution >= 0.6 is 11.8 Å². The van der Waals surface area contributed by atoms with Crippen LogP contribution in [0, 0.1) is 5.92 Å². The third-order valence-electron chi connectivity index (χ3n) is 9.61. The minimum absolute atomic E-state index is 0.317. The smallest absolute Gasteiger partial charge is 0.373 e. The van der Waals surface area contributed by atoms with Gasteiger partial charge in [0.25, 0.3) is 0 Å². The highest BCUT2D eigenvalue weighted by molar-refractivity contribution is 8.13. The van der Waals surface area contributed by atoms with E-state index in [2.05, 4.69) is 26.3 Å². The molecule has 1 heterocycles. The van der Waals surface area contributed by atoms with E-state index in [9.17, 15) is 4.79 Å². The van der Waals surface area contributed by atoms with Gasteiger partial charge in [0.1, 0.15) is 0 Å². The first kappa shape index (κ1) is 44.1. The van der Waals surface area contributed by atoms with Crippen LogP contribution in [-0.4, -0.2) is 39.4 Å². The summed E-state index contributed by atoms with van der Waals surface area (Å²) in [6.07, 6.45) is 37.4. The van der Waals surface area contributed by atoms with Gasteiger partial charge in [0.05, 0.1) is 0 Å². The molecule has 0 spiro atoms. The van der Waals surface area contributed by atoms with Crippen molar-refractivity contribution in [2.45, 2.75) is 213 Å². The Morgan fingerprint density at radius 2 is 1.17 bits per heavy atom. The largest absolute Gasteiger partial charge is 0.517 e. The Morgan fingerprint density at radius 3 is 1.72 bits per heavy atom. The van der Waals surface area contributed by atoms with Crippen LogP contribution in [0.25, 0.3) is 0 Å². The molecule has 0 aromatic heterocycles. The summed E-state index contributed by atoms with van der Waals surface area (Å²) >= 11 is 1.48. The van der Waals surface area contributed by atoms with Crippen LogP contribution in [0.3, 0.4) is 0 Å². The molecule has 1 N–H and O–H groups in total. The number of thioether (sulfide) groups is 1. The average Bonchev–Trinajstić information content (AvgIpc) is 3.05. The Bertz CT molecular complexity index is 645. The zero-order valence-electron chi connectivity index (χ0n) is 31.2. The lowest BCUT2D eigenvalue weighted by molar-refractivity contribution is -0.111. The lowest BCUT2D eigenvalue weighted by Gasteiger charge is -2.33. The van der Waals surface area contributed by atoms with Crippen LogP contribution < -0.4 is 5.48 Å². The van der Waals surface area contributed by atoms with Crippen LogP contribution in [0.1, 0.15) is 207 Å². The SMILES string of the molecule is CCCCCCCCCCCCCCCC1CCO[Si](CCCSC(=O)CCCC)(OCCCCCCCCCCCC)ONC1. The van der Waals surface area contributed by atoms with Crippen molar-refractivity contribution < 1.29 is 18.2 Å². The van der Waals surface area contributed by atoms with E-state index in [0.717, 1.165) is 63.7 Å². The Labute approximate surface area is 292 Å². The molecule has 2 unspecified atom stereocenters. The van der Waals surface area contributed by atoms with E-state index in [1.54, 1.807) is 0 Å². The molecule has 5 nitrogen and oxygen atoms in total. The first-order valence-electron chi connectivity index (χ1n) is 20.5. The Kier molecular flexibility index (Phi) is 32.2. The van der Waals surface area contributed by atoms with Crippen LogP contribution in [-0.2, 0) is 18.2 Å². The molecule has 46 heavy (non-hydrogen) atoms. The third-order valence-corrected chi connectivity index (χ3v) is 13.3. The van der Waals surface area contributed by atoms with E-state index in [1.807, 2.05) is 0 Å². The lowest BCUT2D eigenvalue weighted by atomic mass is 9.97. The van der Waals surface area contributed by atoms with E-state index >= 15 is 0 Å². The van der Waals surface area contributed by atoms with Gasteiger partial charge < -0.3 is 8.85 Å². The maximum Gasteiger partial charge on any atom is 0.517 e. The van der Waals surface area contributed by atoms with Crippen molar-refractivity contribution in [3.05, 3.63) is 0 Å². The van der Waals surface area contributed by atoms with Gasteiger partial charge in [-0.2, -0.15) is 0 Å². The molecule has 2 atom stereocenters. The number of unbranched alkanes of at least 4 members (excludes halogenated alkanes) is 22. The van der Waals surface area contributed by atoms with Crippen LogP contribution in [0.2, 0.25) is 6.04 Å². The molecular formula is C39H79NO4SSi. The van der Waals surface area contributed by atoms with Crippen molar-refractivity contribution in [2.24, 2.45) is 5.92 Å². The van der Waals surface area contributed by atoms with Gasteiger partial charge >= 0.3 is 8.80 Å². The average molecular weight is 686 g/mol. The molecule has 1 aliphatic rings. The Balaban J connectivity index is 2.28. The summed E-state index contributed by atoms with van der Waals surface area (Å²) < 4.78 is 19.4. The molecule has 0 radical (unpaired) electrons. The van der Waals surface area contributed by atoms with E-state index in [0.29, 0.717) is 17.5 Å². The summed E-state index contributed by atoms with van der Waals surface area (Å²) in [6.45, 7) is 9.06. The maximum atomic E-state index is 12.2. The second-order valence-corrected chi connectivity index (χ2v) is 17.9. The standard InChI is InChI=1S/C39H79NO4SSi/c1-4-7-10-12-14-16-18-19-20-21-23-25-27-30-38-32-34-43-46(44-40-37-38,36-29-35-45-39(41)31-9-6-3)42-33-28-26-24-22-17-15-13-11-8-5-2/h38,40H,4-37H2,1-3H3. The van der Waals surface area contributed by atoms with E-state index < -0.39 is 8.80 Å². The van der Waals surface area contributed by atoms with Gasteiger partial charge in [-0.15, -0.1) is 0 Å². The van der Waals surface area contributed by atoms with Crippen molar-refractivity contribution in [1.82, 2.24) is 5.48 Å². The summed E-state index contributed by atoms with van der Waals surface area (Å²) in [4.78, 5) is 12.2. The number of rotatable bonds is 33. The topological polar surface area (TPSA) is 56.8 Å². The highest BCUT2D eigenvalue weighted by Gasteiger charge is 2.42. The molecule has 1 rings (SSSR count). The van der Waals surface area contributed by atoms with Crippen molar-refractivity contribution in [3.8, 4) is 0 Å². The zero-order chi connectivity index (χ0) is 33.2. The van der Waals surface area contributed by atoms with Gasteiger partial charge in [-0.1, -0.05) is 180 Å². The molecule has 0 aromatic rings. The van der Waals surface area contributed by atoms with Gasteiger partial charge in [0.2, 0.25) is 0 Å². The number of hydroxylamine groups is 1. The van der Waals surface area contributed by atoms with Gasteiger partial charge in [-0.25, -0.2) is 5.48 Å². The maximum absolute atomic E-state index is 12.2. The molecule has 0 aliphatic carbocycles. The molecule has 7 heteroatoms. The first-order valence-corrected chi connectivity index (χ1v) is 23.4. The van der Waals surface area contributed by atoms with Crippen LogP contribution in [0.4, 0.5) is 0 Å². The number of carbonyl (C=O) groups excluding carboxylic acids is 1. The van der Waals surface area contributed by atoms with E-state index in [1.165, 1.54) is 159 Å². The van der Waals surface area contributed by atoms with Crippen molar-refractivity contribution in [2.75, 3.05) is 25.5 Å². The normalized spacial score (nSPS) is 18.9. The van der Waals surface area contributed by atoms with Gasteiger partial charge in [0.15, 0.2) is 5.12 Å². The molecule has 0 saturated carbocycles. The molecular weight excluding hydrogens is 607 g/mol. The molecule has 0 amide bonds. The molecule has 1 saturated heterocycles. The number of carbonyl (C=O) groups is 1. The summed E-state index contributed by atoms with van der Waals surface area (Å²) in [5.41, 5.74) is 3.33. The highest BCUT2D eigenvalue weighted by atomic mass is 32.2. The zero-order valence-corrected chi connectivity index (χ0v) is 33.0. The Morgan fingerprint density at radius 1 is 0.674 bits per heavy atom. The quantitative estimate of drug-likeness (QED) is 0.0548. The minimum Gasteiger partial charge on any atom is -0.373 e. The molecule has 1 fully saturated rings. The molecule has 274 valence electrons. The van der Waals surface area contributed by atoms with Crippen molar-refractivity contribution in [1.29, 1.82) is 0 Å². The van der Waals surface area contributed by atoms with Gasteiger partial charge in [-0.05, 0) is 38.0 Å². The fraction of sp³-hybridized carbons (Fsp3) is 0.974. The Hall–Kier alpha value is 0.0769. The van der Waals surface area contributed by atoms with Crippen molar-refractivity contribution in [3.63, 3.8) is 0 Å². The van der Waals surface area contributed by atoms with Gasteiger partial charge in [-0.3, -0.25) is 9.32 Å². The summed E-state index contributed by atoms with van der Waals surface area (Å²) in [5, 5.41) is 0.317. The fourth-order valence-electron chi connectivity index (χ4n) is 6.43. The van der Waals surface area contributed by atoms with Crippen LogP contribution in [0.5, 0.6) is 0 Å². The second-order valence-electron chi connectivity index (χ2n) is 14.1. The summed E-state index contributed by atoms with van der Waals surface area (Å²) in [7, 11) is -2.79. The summed E-state index contributed by atoms with van der Waals surface area (Å²) in [6, 6.07) is 0.787. The minimum atomic E-state index is -2.79.